The molecule has 1 fully saturated rings. The third-order valence-electron chi connectivity index (χ3n) is 3.81. The summed E-state index contributed by atoms with van der Waals surface area (Å²) in [5.41, 5.74) is 8.51. The Morgan fingerprint density at radius 1 is 1.04 bits per heavy atom. The summed E-state index contributed by atoms with van der Waals surface area (Å²) in [4.78, 5) is 2.10. The summed E-state index contributed by atoms with van der Waals surface area (Å²) >= 11 is 5.42. The normalized spacial score (nSPS) is 17.0. The molecule has 3 rings (SSSR count). The smallest absolute Gasteiger partial charge is 0.185 e. The predicted molar refractivity (Wildman–Crippen MR) is 93.1 cm³/mol. The number of nitrogens with zero attached hydrogens (tertiary/aromatic N) is 1. The van der Waals surface area contributed by atoms with E-state index in [-0.39, 0.29) is 6.17 Å². The maximum atomic E-state index is 5.42. The zero-order valence-corrected chi connectivity index (χ0v) is 13.9. The van der Waals surface area contributed by atoms with Crippen molar-refractivity contribution >= 4 is 17.3 Å². The second kappa shape index (κ2) is 6.85. The van der Waals surface area contributed by atoms with E-state index in [1.165, 1.54) is 5.56 Å². The molecule has 1 aliphatic heterocycles. The molecule has 1 aliphatic rings. The van der Waals surface area contributed by atoms with E-state index in [4.69, 9.17) is 21.7 Å². The number of hydrogen-bond donors (Lipinski definition) is 2. The second-order valence-corrected chi connectivity index (χ2v) is 5.59. The third-order valence-corrected chi connectivity index (χ3v) is 4.14. The van der Waals surface area contributed by atoms with Gasteiger partial charge in [-0.05, 0) is 35.5 Å². The van der Waals surface area contributed by atoms with E-state index in [2.05, 4.69) is 27.9 Å². The molecule has 1 unspecified atom stereocenters. The van der Waals surface area contributed by atoms with Crippen LogP contribution in [0, 0.1) is 0 Å². The fourth-order valence-corrected chi connectivity index (χ4v) is 2.86. The fraction of sp³-hybridized carbons (Fsp3) is 0.235. The van der Waals surface area contributed by atoms with Crippen LogP contribution in [-0.2, 0) is 6.54 Å². The van der Waals surface area contributed by atoms with Gasteiger partial charge in [0.1, 0.15) is 6.17 Å². The summed E-state index contributed by atoms with van der Waals surface area (Å²) in [6.45, 7) is 0.721. The largest absolute Gasteiger partial charge is 0.493 e. The van der Waals surface area contributed by atoms with E-state index in [1.807, 2.05) is 36.4 Å². The Hall–Kier alpha value is -2.31. The molecule has 6 heteroatoms. The molecular formula is C17H19N3O2S. The molecule has 2 aromatic carbocycles. The summed E-state index contributed by atoms with van der Waals surface area (Å²) in [6, 6.07) is 16.1. The van der Waals surface area contributed by atoms with Crippen molar-refractivity contribution in [1.82, 2.24) is 15.8 Å². The summed E-state index contributed by atoms with van der Waals surface area (Å²) in [5.74, 6) is 1.41. The number of rotatable bonds is 5. The van der Waals surface area contributed by atoms with Crippen LogP contribution in [0.3, 0.4) is 0 Å². The molecule has 1 saturated heterocycles. The molecule has 5 nitrogen and oxygen atoms in total. The first-order valence-corrected chi connectivity index (χ1v) is 7.71. The first-order chi connectivity index (χ1) is 11.2. The van der Waals surface area contributed by atoms with Crippen molar-refractivity contribution in [3.8, 4) is 11.5 Å². The molecule has 0 aliphatic carbocycles. The Morgan fingerprint density at radius 2 is 1.78 bits per heavy atom. The van der Waals surface area contributed by atoms with Crippen molar-refractivity contribution in [1.29, 1.82) is 0 Å². The maximum Gasteiger partial charge on any atom is 0.185 e. The van der Waals surface area contributed by atoms with E-state index in [1.54, 1.807) is 14.2 Å². The Balaban J connectivity index is 1.87. The first kappa shape index (κ1) is 15.6. The van der Waals surface area contributed by atoms with Crippen LogP contribution in [0.25, 0.3) is 0 Å². The highest BCUT2D eigenvalue weighted by atomic mass is 32.1. The van der Waals surface area contributed by atoms with Crippen LogP contribution < -0.4 is 20.3 Å². The zero-order chi connectivity index (χ0) is 16.2. The molecule has 0 saturated carbocycles. The Kier molecular flexibility index (Phi) is 4.64. The van der Waals surface area contributed by atoms with E-state index in [0.717, 1.165) is 12.1 Å². The lowest BCUT2D eigenvalue weighted by molar-refractivity contribution is 0.306. The van der Waals surface area contributed by atoms with E-state index >= 15 is 0 Å². The van der Waals surface area contributed by atoms with Gasteiger partial charge in [-0.15, -0.1) is 0 Å². The van der Waals surface area contributed by atoms with Crippen LogP contribution in [-0.4, -0.2) is 24.2 Å². The van der Waals surface area contributed by atoms with Crippen LogP contribution in [0.4, 0.5) is 0 Å². The van der Waals surface area contributed by atoms with Crippen molar-refractivity contribution in [2.24, 2.45) is 0 Å². The second-order valence-electron chi connectivity index (χ2n) is 5.20. The molecule has 1 heterocycles. The van der Waals surface area contributed by atoms with Crippen molar-refractivity contribution in [3.05, 3.63) is 59.7 Å². The highest BCUT2D eigenvalue weighted by Gasteiger charge is 2.29. The SMILES string of the molecule is COc1ccc(C2NNC(=S)N2Cc2ccccc2)cc1OC. The van der Waals surface area contributed by atoms with E-state index < -0.39 is 0 Å². The van der Waals surface area contributed by atoms with Crippen molar-refractivity contribution in [2.75, 3.05) is 14.2 Å². The average molecular weight is 329 g/mol. The summed E-state index contributed by atoms with van der Waals surface area (Å²) in [6.07, 6.45) is -0.0671. The lowest BCUT2D eigenvalue weighted by Gasteiger charge is -2.25. The molecule has 0 bridgehead atoms. The van der Waals surface area contributed by atoms with Crippen molar-refractivity contribution in [3.63, 3.8) is 0 Å². The summed E-state index contributed by atoms with van der Waals surface area (Å²) in [5, 5.41) is 0.675. The lowest BCUT2D eigenvalue weighted by atomic mass is 10.1. The Labute approximate surface area is 141 Å². The minimum absolute atomic E-state index is 0.0671. The van der Waals surface area contributed by atoms with E-state index in [0.29, 0.717) is 16.6 Å². The molecule has 0 radical (unpaired) electrons. The number of methoxy groups -OCH3 is 2. The Morgan fingerprint density at radius 3 is 2.48 bits per heavy atom. The van der Waals surface area contributed by atoms with E-state index in [9.17, 15) is 0 Å². The number of hydrogen-bond acceptors (Lipinski definition) is 4. The number of benzene rings is 2. The van der Waals surface area contributed by atoms with Crippen LogP contribution in [0.5, 0.6) is 11.5 Å². The summed E-state index contributed by atoms with van der Waals surface area (Å²) < 4.78 is 10.7. The van der Waals surface area contributed by atoms with Gasteiger partial charge in [-0.3, -0.25) is 5.43 Å². The standard InChI is InChI=1S/C17H19N3O2S/c1-21-14-9-8-13(10-15(14)22-2)16-18-19-17(23)20(16)11-12-6-4-3-5-7-12/h3-10,16,18H,11H2,1-2H3,(H,19,23). The van der Waals surface area contributed by atoms with Gasteiger partial charge in [0.2, 0.25) is 0 Å². The number of hydrazine groups is 1. The molecule has 23 heavy (non-hydrogen) atoms. The van der Waals surface area contributed by atoms with Crippen LogP contribution in [0.2, 0.25) is 0 Å². The monoisotopic (exact) mass is 329 g/mol. The van der Waals surface area contributed by atoms with Gasteiger partial charge in [0, 0.05) is 6.54 Å². The molecule has 1 atom stereocenters. The molecule has 120 valence electrons. The van der Waals surface area contributed by atoms with Crippen molar-refractivity contribution < 1.29 is 9.47 Å². The van der Waals surface area contributed by atoms with Crippen LogP contribution in [0.1, 0.15) is 17.3 Å². The molecule has 0 spiro atoms. The first-order valence-electron chi connectivity index (χ1n) is 7.31. The molecule has 0 aromatic heterocycles. The zero-order valence-electron chi connectivity index (χ0n) is 13.1. The quantitative estimate of drug-likeness (QED) is 0.822. The minimum atomic E-state index is -0.0671. The van der Waals surface area contributed by atoms with Gasteiger partial charge >= 0.3 is 0 Å². The predicted octanol–water partition coefficient (Wildman–Crippen LogP) is 2.60. The molecule has 2 aromatic rings. The highest BCUT2D eigenvalue weighted by Crippen LogP contribution is 2.32. The topological polar surface area (TPSA) is 45.8 Å². The van der Waals surface area contributed by atoms with Crippen LogP contribution >= 0.6 is 12.2 Å². The summed E-state index contributed by atoms with van der Waals surface area (Å²) in [7, 11) is 3.26. The van der Waals surface area contributed by atoms with Gasteiger partial charge in [-0.1, -0.05) is 36.4 Å². The van der Waals surface area contributed by atoms with Gasteiger partial charge in [0.05, 0.1) is 14.2 Å². The van der Waals surface area contributed by atoms with Gasteiger partial charge in [-0.2, -0.15) is 0 Å². The highest BCUT2D eigenvalue weighted by molar-refractivity contribution is 7.80. The number of thiocarbonyl (C=S) groups is 1. The Bertz CT molecular complexity index is 693. The number of nitrogens with one attached hydrogen (secondary N) is 2. The fourth-order valence-electron chi connectivity index (χ4n) is 2.63. The van der Waals surface area contributed by atoms with Gasteiger partial charge in [-0.25, -0.2) is 5.43 Å². The molecule has 0 amide bonds. The lowest BCUT2D eigenvalue weighted by Crippen LogP contribution is -2.29. The van der Waals surface area contributed by atoms with Crippen LogP contribution in [0.15, 0.2) is 48.5 Å². The minimum Gasteiger partial charge on any atom is -0.493 e. The van der Waals surface area contributed by atoms with Crippen molar-refractivity contribution in [2.45, 2.75) is 12.7 Å². The average Bonchev–Trinajstić information content (AvgIpc) is 2.96. The van der Waals surface area contributed by atoms with Gasteiger partial charge in [0.25, 0.3) is 0 Å². The third kappa shape index (κ3) is 3.23. The van der Waals surface area contributed by atoms with Gasteiger partial charge < -0.3 is 14.4 Å². The molecular weight excluding hydrogens is 310 g/mol. The maximum absolute atomic E-state index is 5.42. The van der Waals surface area contributed by atoms with Gasteiger partial charge in [0.15, 0.2) is 16.6 Å². The number of ether oxygens (including phenoxy) is 2. The molecule has 2 N–H and O–H groups in total.